The maximum atomic E-state index is 12.8. The first kappa shape index (κ1) is 26.5. The molecule has 0 radical (unpaired) electrons. The number of hydrogen-bond acceptors (Lipinski definition) is 4. The Hall–Kier alpha value is -2.76. The molecule has 0 aliphatic rings. The Morgan fingerprint density at radius 3 is 2.45 bits per heavy atom. The molecule has 0 fully saturated rings. The van der Waals surface area contributed by atoms with E-state index in [-0.39, 0.29) is 18.1 Å². The Kier molecular flexibility index (Phi) is 10.5. The van der Waals surface area contributed by atoms with Crippen LogP contribution in [0, 0.1) is 13.8 Å². The van der Waals surface area contributed by atoms with E-state index in [1.54, 1.807) is 17.4 Å². The molecule has 1 aromatic heterocycles. The molecule has 1 N–H and O–H groups in total. The van der Waals surface area contributed by atoms with Crippen LogP contribution in [0.2, 0.25) is 0 Å². The first-order valence-corrected chi connectivity index (χ1v) is 12.2. The normalized spacial score (nSPS) is 11.5. The lowest BCUT2D eigenvalue weighted by atomic mass is 10.0. The summed E-state index contributed by atoms with van der Waals surface area (Å²) in [7, 11) is 0. The molecule has 1 atom stereocenters. The van der Waals surface area contributed by atoms with Crippen molar-refractivity contribution in [1.29, 1.82) is 0 Å². The fourth-order valence-corrected chi connectivity index (χ4v) is 4.37. The summed E-state index contributed by atoms with van der Waals surface area (Å²) in [4.78, 5) is 18.3. The number of ether oxygens (including phenoxy) is 1. The van der Waals surface area contributed by atoms with Crippen molar-refractivity contribution in [1.82, 2.24) is 10.3 Å². The van der Waals surface area contributed by atoms with Crippen LogP contribution in [0.15, 0.2) is 61.2 Å². The second-order valence-corrected chi connectivity index (χ2v) is 9.54. The van der Waals surface area contributed by atoms with Gasteiger partial charge < -0.3 is 10.1 Å². The smallest absolute Gasteiger partial charge is 0.271 e. The number of rotatable bonds is 8. The van der Waals surface area contributed by atoms with E-state index in [0.717, 1.165) is 33.0 Å². The van der Waals surface area contributed by atoms with E-state index in [2.05, 4.69) is 62.8 Å². The van der Waals surface area contributed by atoms with E-state index in [1.807, 2.05) is 44.2 Å². The number of thiazole rings is 1. The topological polar surface area (TPSA) is 51.2 Å². The summed E-state index contributed by atoms with van der Waals surface area (Å²) in [6.07, 6.45) is 2.97. The maximum Gasteiger partial charge on any atom is 0.271 e. The number of nitrogens with zero attached hydrogens (tertiary/aromatic N) is 1. The Morgan fingerprint density at radius 2 is 1.82 bits per heavy atom. The van der Waals surface area contributed by atoms with Gasteiger partial charge in [0.1, 0.15) is 10.7 Å². The van der Waals surface area contributed by atoms with Gasteiger partial charge in [0.15, 0.2) is 0 Å². The second kappa shape index (κ2) is 13.1. The molecule has 1 heterocycles. The average molecular weight is 465 g/mol. The first-order chi connectivity index (χ1) is 15.7. The quantitative estimate of drug-likeness (QED) is 0.369. The highest BCUT2D eigenvalue weighted by Crippen LogP contribution is 2.27. The fraction of sp³-hybridized carbons (Fsp3) is 0.357. The molecule has 1 unspecified atom stereocenters. The summed E-state index contributed by atoms with van der Waals surface area (Å²) in [6.45, 7) is 15.9. The lowest BCUT2D eigenvalue weighted by Crippen LogP contribution is -2.24. The van der Waals surface area contributed by atoms with Crippen molar-refractivity contribution in [2.75, 3.05) is 0 Å². The van der Waals surface area contributed by atoms with E-state index < -0.39 is 0 Å². The Balaban J connectivity index is 0.00000122. The number of carbonyl (C=O) groups excluding carboxylic acids is 1. The van der Waals surface area contributed by atoms with Crippen LogP contribution in [-0.2, 0) is 17.7 Å². The number of benzene rings is 2. The largest absolute Gasteiger partial charge is 0.376 e. The highest BCUT2D eigenvalue weighted by molar-refractivity contribution is 7.15. The Morgan fingerprint density at radius 1 is 1.15 bits per heavy atom. The van der Waals surface area contributed by atoms with E-state index in [4.69, 9.17) is 4.74 Å². The van der Waals surface area contributed by atoms with E-state index in [0.29, 0.717) is 12.2 Å². The number of aryl methyl sites for hydroxylation is 2. The van der Waals surface area contributed by atoms with Gasteiger partial charge >= 0.3 is 0 Å². The molecule has 0 aliphatic heterocycles. The molecule has 0 spiro atoms. The standard InChI is InChI=1S/C25H30N2O2S.C3H6/c1-16(2)29-18(4)13-20-12-11-17(3)22(14-20)15-26-24(28)23-19(5)30-25(27-23)21-9-7-6-8-10-21;1-3-2/h6-12,14,16,18H,13,15H2,1-5H3,(H,26,28);3H,1H2,2H3. The van der Waals surface area contributed by atoms with E-state index >= 15 is 0 Å². The molecule has 0 saturated heterocycles. The molecule has 3 aromatic rings. The predicted molar refractivity (Wildman–Crippen MR) is 140 cm³/mol. The molecule has 4 nitrogen and oxygen atoms in total. The van der Waals surface area contributed by atoms with Crippen LogP contribution in [0.5, 0.6) is 0 Å². The molecule has 33 heavy (non-hydrogen) atoms. The number of carbonyl (C=O) groups is 1. The van der Waals surface area contributed by atoms with Crippen molar-refractivity contribution >= 4 is 17.2 Å². The van der Waals surface area contributed by atoms with E-state index in [1.165, 1.54) is 5.56 Å². The van der Waals surface area contributed by atoms with Crippen LogP contribution in [0.1, 0.15) is 59.8 Å². The summed E-state index contributed by atoms with van der Waals surface area (Å²) >= 11 is 1.55. The minimum atomic E-state index is -0.132. The lowest BCUT2D eigenvalue weighted by Gasteiger charge is -2.17. The minimum Gasteiger partial charge on any atom is -0.376 e. The molecular weight excluding hydrogens is 428 g/mol. The SMILES string of the molecule is C=CC.Cc1ccc(CC(C)OC(C)C)cc1CNC(=O)c1nc(-c2ccccc2)sc1C. The zero-order chi connectivity index (χ0) is 24.4. The summed E-state index contributed by atoms with van der Waals surface area (Å²) in [5.74, 6) is -0.132. The van der Waals surface area contributed by atoms with Gasteiger partial charge in [-0.25, -0.2) is 4.98 Å². The molecule has 0 saturated carbocycles. The zero-order valence-corrected chi connectivity index (χ0v) is 21.5. The minimum absolute atomic E-state index is 0.132. The van der Waals surface area contributed by atoms with Gasteiger partial charge in [-0.05, 0) is 64.7 Å². The van der Waals surface area contributed by atoms with Crippen LogP contribution < -0.4 is 5.32 Å². The Labute approximate surface area is 202 Å². The van der Waals surface area contributed by atoms with Gasteiger partial charge in [-0.2, -0.15) is 0 Å². The van der Waals surface area contributed by atoms with Crippen molar-refractivity contribution in [2.45, 2.75) is 66.7 Å². The van der Waals surface area contributed by atoms with Gasteiger partial charge in [0.25, 0.3) is 5.91 Å². The van der Waals surface area contributed by atoms with Gasteiger partial charge in [-0.15, -0.1) is 17.9 Å². The predicted octanol–water partition coefficient (Wildman–Crippen LogP) is 6.91. The molecule has 0 aliphatic carbocycles. The first-order valence-electron chi connectivity index (χ1n) is 11.4. The van der Waals surface area contributed by atoms with Crippen molar-refractivity contribution in [2.24, 2.45) is 0 Å². The molecule has 2 aromatic carbocycles. The Bertz CT molecular complexity index is 1040. The van der Waals surface area contributed by atoms with Crippen LogP contribution in [0.4, 0.5) is 0 Å². The van der Waals surface area contributed by atoms with Crippen LogP contribution >= 0.6 is 11.3 Å². The average Bonchev–Trinajstić information content (AvgIpc) is 3.16. The van der Waals surface area contributed by atoms with Gasteiger partial charge in [-0.1, -0.05) is 54.6 Å². The highest BCUT2D eigenvalue weighted by atomic mass is 32.1. The van der Waals surface area contributed by atoms with Crippen LogP contribution in [0.25, 0.3) is 10.6 Å². The number of allylic oxidation sites excluding steroid dienone is 1. The third-order valence-electron chi connectivity index (χ3n) is 4.91. The monoisotopic (exact) mass is 464 g/mol. The molecule has 1 amide bonds. The molecule has 176 valence electrons. The molecule has 0 bridgehead atoms. The zero-order valence-electron chi connectivity index (χ0n) is 20.6. The second-order valence-electron chi connectivity index (χ2n) is 8.34. The maximum absolute atomic E-state index is 12.8. The third-order valence-corrected chi connectivity index (χ3v) is 5.93. The van der Waals surface area contributed by atoms with Crippen molar-refractivity contribution < 1.29 is 9.53 Å². The van der Waals surface area contributed by atoms with Crippen molar-refractivity contribution in [3.05, 3.63) is 88.4 Å². The summed E-state index contributed by atoms with van der Waals surface area (Å²) in [5, 5.41) is 3.92. The number of amides is 1. The lowest BCUT2D eigenvalue weighted by molar-refractivity contribution is 0.0195. The van der Waals surface area contributed by atoms with Crippen LogP contribution in [-0.4, -0.2) is 23.1 Å². The number of hydrogen-bond donors (Lipinski definition) is 1. The number of aromatic nitrogens is 1. The third kappa shape index (κ3) is 8.26. The molecule has 3 rings (SSSR count). The van der Waals surface area contributed by atoms with Gasteiger partial charge in [0.2, 0.25) is 0 Å². The summed E-state index contributed by atoms with van der Waals surface area (Å²) in [6, 6.07) is 16.4. The van der Waals surface area contributed by atoms with Crippen LogP contribution in [0.3, 0.4) is 0 Å². The number of nitrogens with one attached hydrogen (secondary N) is 1. The summed E-state index contributed by atoms with van der Waals surface area (Å²) in [5.41, 5.74) is 5.04. The fourth-order valence-electron chi connectivity index (χ4n) is 3.46. The summed E-state index contributed by atoms with van der Waals surface area (Å²) < 4.78 is 5.86. The van der Waals surface area contributed by atoms with Crippen molar-refractivity contribution in [3.63, 3.8) is 0 Å². The van der Waals surface area contributed by atoms with E-state index in [9.17, 15) is 4.79 Å². The van der Waals surface area contributed by atoms with Gasteiger partial charge in [0, 0.05) is 17.0 Å². The highest BCUT2D eigenvalue weighted by Gasteiger charge is 2.16. The van der Waals surface area contributed by atoms with Gasteiger partial charge in [0.05, 0.1) is 12.2 Å². The van der Waals surface area contributed by atoms with Gasteiger partial charge in [-0.3, -0.25) is 4.79 Å². The molecular formula is C28H36N2O2S. The van der Waals surface area contributed by atoms with Crippen molar-refractivity contribution in [3.8, 4) is 10.6 Å². The molecule has 5 heteroatoms.